The van der Waals surface area contributed by atoms with E-state index in [0.717, 1.165) is 22.4 Å². The summed E-state index contributed by atoms with van der Waals surface area (Å²) in [5.41, 5.74) is 5.76. The normalized spacial score (nSPS) is 10.2. The molecular weight excluding hydrogens is 252 g/mol. The van der Waals surface area contributed by atoms with E-state index in [2.05, 4.69) is 11.5 Å². The van der Waals surface area contributed by atoms with E-state index in [0.29, 0.717) is 12.2 Å². The molecule has 0 aromatic heterocycles. The summed E-state index contributed by atoms with van der Waals surface area (Å²) >= 11 is 0. The highest BCUT2D eigenvalue weighted by molar-refractivity contribution is 5.95. The molecule has 0 aliphatic carbocycles. The second kappa shape index (κ2) is 6.21. The van der Waals surface area contributed by atoms with E-state index in [1.54, 1.807) is 12.1 Å². The summed E-state index contributed by atoms with van der Waals surface area (Å²) in [4.78, 5) is 11.7. The molecule has 2 aromatic carbocycles. The van der Waals surface area contributed by atoms with E-state index in [1.165, 1.54) is 0 Å². The van der Waals surface area contributed by atoms with Gasteiger partial charge in [-0.25, -0.2) is 5.84 Å². The van der Waals surface area contributed by atoms with Gasteiger partial charge in [0.15, 0.2) is 0 Å². The van der Waals surface area contributed by atoms with Crippen molar-refractivity contribution in [1.82, 2.24) is 5.43 Å². The molecule has 20 heavy (non-hydrogen) atoms. The molecule has 0 spiro atoms. The Morgan fingerprint density at radius 2 is 1.80 bits per heavy atom. The van der Waals surface area contributed by atoms with Crippen molar-refractivity contribution in [3.8, 4) is 5.75 Å². The molecule has 0 fully saturated rings. The van der Waals surface area contributed by atoms with Crippen LogP contribution >= 0.6 is 0 Å². The van der Waals surface area contributed by atoms with Crippen molar-refractivity contribution in [2.24, 2.45) is 5.84 Å². The lowest BCUT2D eigenvalue weighted by molar-refractivity contribution is 0.0951. The van der Waals surface area contributed by atoms with Gasteiger partial charge in [-0.1, -0.05) is 24.3 Å². The minimum Gasteiger partial charge on any atom is -0.489 e. The lowest BCUT2D eigenvalue weighted by Crippen LogP contribution is -2.30. The molecule has 0 heterocycles. The van der Waals surface area contributed by atoms with Gasteiger partial charge in [-0.15, -0.1) is 0 Å². The Kier molecular flexibility index (Phi) is 4.38. The number of nitrogens with two attached hydrogens (primary N) is 1. The number of amides is 1. The maximum Gasteiger partial charge on any atom is 0.265 e. The SMILES string of the molecule is Cc1cc(C)cc(OCc2ccccc2C(=O)NN)c1. The average molecular weight is 270 g/mol. The Morgan fingerprint density at radius 1 is 1.15 bits per heavy atom. The second-order valence-corrected chi connectivity index (χ2v) is 4.74. The van der Waals surface area contributed by atoms with Crippen molar-refractivity contribution >= 4 is 5.91 Å². The molecule has 0 bridgehead atoms. The van der Waals surface area contributed by atoms with E-state index in [4.69, 9.17) is 10.6 Å². The Labute approximate surface area is 118 Å². The monoisotopic (exact) mass is 270 g/mol. The Morgan fingerprint density at radius 3 is 2.45 bits per heavy atom. The highest BCUT2D eigenvalue weighted by Crippen LogP contribution is 2.18. The topological polar surface area (TPSA) is 64.3 Å². The van der Waals surface area contributed by atoms with Crippen molar-refractivity contribution in [3.05, 3.63) is 64.7 Å². The maximum absolute atomic E-state index is 11.7. The first-order valence-corrected chi connectivity index (χ1v) is 6.40. The third-order valence-corrected chi connectivity index (χ3v) is 2.98. The molecule has 4 nitrogen and oxygen atoms in total. The van der Waals surface area contributed by atoms with Crippen molar-refractivity contribution in [1.29, 1.82) is 0 Å². The summed E-state index contributed by atoms with van der Waals surface area (Å²) in [7, 11) is 0. The number of hydrogen-bond acceptors (Lipinski definition) is 3. The van der Waals surface area contributed by atoms with E-state index in [-0.39, 0.29) is 5.91 Å². The number of hydrazine groups is 1. The summed E-state index contributed by atoms with van der Waals surface area (Å²) in [6, 6.07) is 13.3. The van der Waals surface area contributed by atoms with Crippen LogP contribution in [0.1, 0.15) is 27.0 Å². The van der Waals surface area contributed by atoms with E-state index < -0.39 is 0 Å². The minimum absolute atomic E-state index is 0.315. The van der Waals surface area contributed by atoms with Crippen LogP contribution in [-0.4, -0.2) is 5.91 Å². The zero-order valence-corrected chi connectivity index (χ0v) is 11.6. The van der Waals surface area contributed by atoms with E-state index in [1.807, 2.05) is 38.1 Å². The van der Waals surface area contributed by atoms with Gasteiger partial charge < -0.3 is 4.74 Å². The zero-order chi connectivity index (χ0) is 14.5. The van der Waals surface area contributed by atoms with Crippen LogP contribution in [0.5, 0.6) is 5.75 Å². The lowest BCUT2D eigenvalue weighted by Gasteiger charge is -2.11. The van der Waals surface area contributed by atoms with Crippen LogP contribution in [0.3, 0.4) is 0 Å². The fraction of sp³-hybridized carbons (Fsp3) is 0.188. The number of benzene rings is 2. The third-order valence-electron chi connectivity index (χ3n) is 2.98. The van der Waals surface area contributed by atoms with Gasteiger partial charge >= 0.3 is 0 Å². The van der Waals surface area contributed by atoms with Gasteiger partial charge in [-0.05, 0) is 43.2 Å². The third kappa shape index (κ3) is 3.36. The number of carbonyl (C=O) groups excluding carboxylic acids is 1. The highest BCUT2D eigenvalue weighted by atomic mass is 16.5. The molecule has 104 valence electrons. The van der Waals surface area contributed by atoms with Crippen LogP contribution in [0.15, 0.2) is 42.5 Å². The smallest absolute Gasteiger partial charge is 0.265 e. The largest absolute Gasteiger partial charge is 0.489 e. The van der Waals surface area contributed by atoms with Crippen molar-refractivity contribution in [2.45, 2.75) is 20.5 Å². The minimum atomic E-state index is -0.315. The molecule has 0 saturated carbocycles. The van der Waals surface area contributed by atoms with Gasteiger partial charge in [0.1, 0.15) is 12.4 Å². The van der Waals surface area contributed by atoms with Gasteiger partial charge in [-0.3, -0.25) is 10.2 Å². The van der Waals surface area contributed by atoms with Gasteiger partial charge in [0.25, 0.3) is 5.91 Å². The molecule has 3 N–H and O–H groups in total. The van der Waals surface area contributed by atoms with Gasteiger partial charge in [-0.2, -0.15) is 0 Å². The van der Waals surface area contributed by atoms with Crippen LogP contribution in [0.4, 0.5) is 0 Å². The number of aryl methyl sites for hydroxylation is 2. The molecule has 0 aliphatic heterocycles. The zero-order valence-electron chi connectivity index (χ0n) is 11.6. The summed E-state index contributed by atoms with van der Waals surface area (Å²) in [6.07, 6.45) is 0. The molecule has 4 heteroatoms. The number of nitrogen functional groups attached to an aromatic ring is 1. The fourth-order valence-corrected chi connectivity index (χ4v) is 2.12. The quantitative estimate of drug-likeness (QED) is 0.509. The Bertz CT molecular complexity index is 603. The molecule has 0 radical (unpaired) electrons. The molecular formula is C16H18N2O2. The molecule has 0 saturated heterocycles. The molecule has 2 rings (SSSR count). The predicted octanol–water partition coefficient (Wildman–Crippen LogP) is 2.49. The summed E-state index contributed by atoms with van der Waals surface area (Å²) < 4.78 is 5.77. The number of carbonyl (C=O) groups is 1. The number of rotatable bonds is 4. The number of ether oxygens (including phenoxy) is 1. The Balaban J connectivity index is 2.16. The summed E-state index contributed by atoms with van der Waals surface area (Å²) in [5.74, 6) is 5.66. The molecule has 2 aromatic rings. The highest BCUT2D eigenvalue weighted by Gasteiger charge is 2.09. The van der Waals surface area contributed by atoms with Gasteiger partial charge in [0.2, 0.25) is 0 Å². The Hall–Kier alpha value is -2.33. The molecule has 0 atom stereocenters. The molecule has 0 unspecified atom stereocenters. The second-order valence-electron chi connectivity index (χ2n) is 4.74. The van der Waals surface area contributed by atoms with Crippen LogP contribution in [0, 0.1) is 13.8 Å². The van der Waals surface area contributed by atoms with Crippen LogP contribution < -0.4 is 16.0 Å². The first-order chi connectivity index (χ1) is 9.60. The maximum atomic E-state index is 11.7. The van der Waals surface area contributed by atoms with E-state index in [9.17, 15) is 4.79 Å². The van der Waals surface area contributed by atoms with Gasteiger partial charge in [0.05, 0.1) is 0 Å². The predicted molar refractivity (Wildman–Crippen MR) is 78.3 cm³/mol. The first-order valence-electron chi connectivity index (χ1n) is 6.40. The number of nitrogens with one attached hydrogen (secondary N) is 1. The van der Waals surface area contributed by atoms with Crippen molar-refractivity contribution in [2.75, 3.05) is 0 Å². The molecule has 1 amide bonds. The van der Waals surface area contributed by atoms with Crippen LogP contribution in [-0.2, 0) is 6.61 Å². The standard InChI is InChI=1S/C16H18N2O2/c1-11-7-12(2)9-14(8-11)20-10-13-5-3-4-6-15(13)16(19)18-17/h3-9H,10,17H2,1-2H3,(H,18,19). The van der Waals surface area contributed by atoms with E-state index >= 15 is 0 Å². The average Bonchev–Trinajstić information content (AvgIpc) is 2.43. The molecule has 0 aliphatic rings. The summed E-state index contributed by atoms with van der Waals surface area (Å²) in [6.45, 7) is 4.37. The van der Waals surface area contributed by atoms with Crippen LogP contribution in [0.2, 0.25) is 0 Å². The first kappa shape index (κ1) is 14.1. The van der Waals surface area contributed by atoms with Gasteiger partial charge in [0, 0.05) is 11.1 Å². The summed E-state index contributed by atoms with van der Waals surface area (Å²) in [5, 5.41) is 0. The fourth-order valence-electron chi connectivity index (χ4n) is 2.12. The van der Waals surface area contributed by atoms with Crippen LogP contribution in [0.25, 0.3) is 0 Å². The van der Waals surface area contributed by atoms with Crippen molar-refractivity contribution < 1.29 is 9.53 Å². The lowest BCUT2D eigenvalue weighted by atomic mass is 10.1. The van der Waals surface area contributed by atoms with Crippen molar-refractivity contribution in [3.63, 3.8) is 0 Å². The number of hydrogen-bond donors (Lipinski definition) is 2.